The molecule has 2 aromatic carbocycles. The minimum atomic E-state index is -2.62. The van der Waals surface area contributed by atoms with Crippen LogP contribution in [0.15, 0.2) is 36.4 Å². The van der Waals surface area contributed by atoms with Gasteiger partial charge in [-0.3, -0.25) is 14.2 Å². The molecule has 3 aromatic rings. The molecular weight excluding hydrogens is 451 g/mol. The Morgan fingerprint density at radius 2 is 1.79 bits per heavy atom. The topological polar surface area (TPSA) is 34.3 Å². The molecule has 1 atom stereocenters. The number of halogens is 5. The molecule has 4 nitrogen and oxygen atoms in total. The Bertz CT molecular complexity index is 1130. The average Bonchev–Trinajstić information content (AvgIpc) is 3.14. The number of benzene rings is 2. The minimum absolute atomic E-state index is 0.0227. The van der Waals surface area contributed by atoms with Crippen molar-refractivity contribution in [2.45, 2.75) is 31.4 Å². The first-order chi connectivity index (χ1) is 16.4. The van der Waals surface area contributed by atoms with E-state index in [0.29, 0.717) is 43.7 Å². The van der Waals surface area contributed by atoms with Crippen LogP contribution < -0.4 is 5.32 Å². The second-order valence-corrected chi connectivity index (χ2v) is 9.10. The van der Waals surface area contributed by atoms with Crippen LogP contribution in [0.5, 0.6) is 0 Å². The summed E-state index contributed by atoms with van der Waals surface area (Å²) >= 11 is 0. The number of likely N-dealkylation sites (tertiary alicyclic amines) is 1. The molecule has 9 heteroatoms. The molecule has 0 bridgehead atoms. The lowest BCUT2D eigenvalue weighted by Gasteiger charge is -2.40. The molecular formula is C25H27F5N4. The standard InChI is InChI=1S/C25H27F5N4/c26-7-3-8-33-12-16(13-33)31-15-10-18(27)24(19(28)11-15)25-23-17-4-1-2-5-20(17)32-21(23)6-9-34(25)14-22(29)30/h1-2,4-5,10-11,16,22,25,31-32H,3,6-9,12-14H2. The fraction of sp³-hybridized carbons (Fsp3) is 0.440. The van der Waals surface area contributed by atoms with E-state index in [9.17, 15) is 13.2 Å². The van der Waals surface area contributed by atoms with Crippen LogP contribution in [-0.4, -0.2) is 66.6 Å². The third-order valence-electron chi connectivity index (χ3n) is 6.78. The van der Waals surface area contributed by atoms with Gasteiger partial charge in [-0.05, 0) is 24.6 Å². The van der Waals surface area contributed by atoms with Crippen molar-refractivity contribution in [2.24, 2.45) is 0 Å². The molecule has 2 aliphatic heterocycles. The molecule has 1 unspecified atom stereocenters. The number of aromatic amines is 1. The number of para-hydroxylation sites is 1. The van der Waals surface area contributed by atoms with Crippen LogP contribution in [0.2, 0.25) is 0 Å². The van der Waals surface area contributed by atoms with Gasteiger partial charge in [0.25, 0.3) is 6.43 Å². The number of fused-ring (bicyclic) bond motifs is 3. The van der Waals surface area contributed by atoms with Gasteiger partial charge >= 0.3 is 0 Å². The first-order valence-corrected chi connectivity index (χ1v) is 11.6. The van der Waals surface area contributed by atoms with E-state index < -0.39 is 30.6 Å². The summed E-state index contributed by atoms with van der Waals surface area (Å²) in [5.74, 6) is -1.53. The maximum atomic E-state index is 15.5. The van der Waals surface area contributed by atoms with Crippen LogP contribution in [0.1, 0.15) is 29.3 Å². The molecule has 1 saturated heterocycles. The number of nitrogens with one attached hydrogen (secondary N) is 2. The number of aromatic nitrogens is 1. The highest BCUT2D eigenvalue weighted by Gasteiger charge is 2.37. The van der Waals surface area contributed by atoms with Crippen molar-refractivity contribution in [2.75, 3.05) is 44.7 Å². The molecule has 0 amide bonds. The summed E-state index contributed by atoms with van der Waals surface area (Å²) in [5, 5.41) is 3.91. The van der Waals surface area contributed by atoms with Gasteiger partial charge in [0.05, 0.1) is 25.3 Å². The summed E-state index contributed by atoms with van der Waals surface area (Å²) in [7, 11) is 0. The van der Waals surface area contributed by atoms with E-state index in [1.54, 1.807) is 0 Å². The summed E-state index contributed by atoms with van der Waals surface area (Å²) < 4.78 is 70.1. The molecule has 0 radical (unpaired) electrons. The Balaban J connectivity index is 1.46. The molecule has 182 valence electrons. The zero-order valence-electron chi connectivity index (χ0n) is 18.6. The highest BCUT2D eigenvalue weighted by atomic mass is 19.3. The highest BCUT2D eigenvalue weighted by Crippen LogP contribution is 2.42. The number of rotatable bonds is 8. The van der Waals surface area contributed by atoms with Gasteiger partial charge in [-0.15, -0.1) is 0 Å². The van der Waals surface area contributed by atoms with Crippen molar-refractivity contribution in [3.05, 3.63) is 64.9 Å². The Labute approximate surface area is 194 Å². The number of hydrogen-bond donors (Lipinski definition) is 2. The van der Waals surface area contributed by atoms with Gasteiger partial charge in [-0.25, -0.2) is 17.6 Å². The average molecular weight is 479 g/mol. The molecule has 3 heterocycles. The molecule has 0 aliphatic carbocycles. The second-order valence-electron chi connectivity index (χ2n) is 9.10. The number of nitrogens with zero attached hydrogens (tertiary/aromatic N) is 2. The van der Waals surface area contributed by atoms with Crippen molar-refractivity contribution in [1.82, 2.24) is 14.8 Å². The third-order valence-corrected chi connectivity index (χ3v) is 6.78. The maximum Gasteiger partial charge on any atom is 0.251 e. The molecule has 0 saturated carbocycles. The van der Waals surface area contributed by atoms with E-state index >= 15 is 8.78 Å². The monoisotopic (exact) mass is 478 g/mol. The lowest BCUT2D eigenvalue weighted by Crippen LogP contribution is -2.54. The van der Waals surface area contributed by atoms with Crippen molar-refractivity contribution < 1.29 is 22.0 Å². The smallest absolute Gasteiger partial charge is 0.251 e. The summed E-state index contributed by atoms with van der Waals surface area (Å²) in [5.41, 5.74) is 2.39. The fourth-order valence-electron chi connectivity index (χ4n) is 5.29. The van der Waals surface area contributed by atoms with E-state index in [2.05, 4.69) is 15.2 Å². The Hall–Kier alpha value is -2.65. The summed E-state index contributed by atoms with van der Waals surface area (Å²) in [6.07, 6.45) is -1.66. The largest absolute Gasteiger partial charge is 0.380 e. The molecule has 2 aliphatic rings. The first kappa shape index (κ1) is 23.1. The van der Waals surface area contributed by atoms with Gasteiger partial charge in [0.1, 0.15) is 11.6 Å². The van der Waals surface area contributed by atoms with Crippen molar-refractivity contribution in [1.29, 1.82) is 0 Å². The van der Waals surface area contributed by atoms with Gasteiger partial charge < -0.3 is 10.3 Å². The van der Waals surface area contributed by atoms with Gasteiger partial charge in [-0.1, -0.05) is 18.2 Å². The summed E-state index contributed by atoms with van der Waals surface area (Å²) in [6, 6.07) is 8.96. The summed E-state index contributed by atoms with van der Waals surface area (Å²) in [6.45, 7) is 1.34. The summed E-state index contributed by atoms with van der Waals surface area (Å²) in [4.78, 5) is 6.84. The van der Waals surface area contributed by atoms with Crippen molar-refractivity contribution in [3.8, 4) is 0 Å². The normalized spacial score (nSPS) is 19.5. The fourth-order valence-corrected chi connectivity index (χ4v) is 5.29. The second kappa shape index (κ2) is 9.54. The van der Waals surface area contributed by atoms with Gasteiger partial charge in [-0.2, -0.15) is 0 Å². The number of H-pyrrole nitrogens is 1. The van der Waals surface area contributed by atoms with E-state index in [-0.39, 0.29) is 24.8 Å². The number of alkyl halides is 3. The molecule has 1 aromatic heterocycles. The lowest BCUT2D eigenvalue weighted by molar-refractivity contribution is 0.0688. The maximum absolute atomic E-state index is 15.5. The van der Waals surface area contributed by atoms with Crippen LogP contribution in [0.25, 0.3) is 10.9 Å². The van der Waals surface area contributed by atoms with Crippen LogP contribution in [0.3, 0.4) is 0 Å². The molecule has 5 rings (SSSR count). The Kier molecular flexibility index (Phi) is 6.48. The van der Waals surface area contributed by atoms with Crippen molar-refractivity contribution in [3.63, 3.8) is 0 Å². The minimum Gasteiger partial charge on any atom is -0.380 e. The van der Waals surface area contributed by atoms with Crippen LogP contribution in [-0.2, 0) is 6.42 Å². The highest BCUT2D eigenvalue weighted by molar-refractivity contribution is 5.86. The molecule has 0 spiro atoms. The molecule has 34 heavy (non-hydrogen) atoms. The zero-order chi connectivity index (χ0) is 23.8. The number of hydrogen-bond acceptors (Lipinski definition) is 3. The zero-order valence-corrected chi connectivity index (χ0v) is 18.6. The van der Waals surface area contributed by atoms with Crippen LogP contribution in [0, 0.1) is 11.6 Å². The van der Waals surface area contributed by atoms with E-state index in [1.807, 2.05) is 24.3 Å². The van der Waals surface area contributed by atoms with Gasteiger partial charge in [0.15, 0.2) is 0 Å². The Morgan fingerprint density at radius 1 is 1.06 bits per heavy atom. The van der Waals surface area contributed by atoms with E-state index in [1.165, 1.54) is 17.0 Å². The SMILES string of the molecule is FCCCN1CC(Nc2cc(F)c(C3c4c([nH]c5ccccc45)CCN3CC(F)F)c(F)c2)C1. The predicted molar refractivity (Wildman–Crippen MR) is 122 cm³/mol. The van der Waals surface area contributed by atoms with E-state index in [0.717, 1.165) is 16.6 Å². The first-order valence-electron chi connectivity index (χ1n) is 11.6. The number of anilines is 1. The predicted octanol–water partition coefficient (Wildman–Crippen LogP) is 5.11. The molecule has 2 N–H and O–H groups in total. The van der Waals surface area contributed by atoms with Crippen LogP contribution >= 0.6 is 0 Å². The third kappa shape index (κ3) is 4.38. The van der Waals surface area contributed by atoms with Gasteiger partial charge in [0, 0.05) is 66.0 Å². The Morgan fingerprint density at radius 3 is 2.50 bits per heavy atom. The van der Waals surface area contributed by atoms with Crippen molar-refractivity contribution >= 4 is 16.6 Å². The quantitative estimate of drug-likeness (QED) is 0.442. The van der Waals surface area contributed by atoms with Crippen LogP contribution in [0.4, 0.5) is 27.6 Å². The van der Waals surface area contributed by atoms with Gasteiger partial charge in [0.2, 0.25) is 0 Å². The van der Waals surface area contributed by atoms with E-state index in [4.69, 9.17) is 0 Å². The molecule has 1 fully saturated rings. The lowest BCUT2D eigenvalue weighted by atomic mass is 9.89.